The molecule has 7 heteroatoms. The van der Waals surface area contributed by atoms with Crippen molar-refractivity contribution < 1.29 is 23.5 Å². The lowest BCUT2D eigenvalue weighted by atomic mass is 10.1. The number of hydrogen-bond donors (Lipinski definition) is 1. The summed E-state index contributed by atoms with van der Waals surface area (Å²) >= 11 is 0. The fourth-order valence-electron chi connectivity index (χ4n) is 2.76. The Hall–Kier alpha value is -3.09. The topological polar surface area (TPSA) is 67.9 Å². The van der Waals surface area contributed by atoms with Gasteiger partial charge in [-0.3, -0.25) is 9.59 Å². The zero-order valence-electron chi connectivity index (χ0n) is 17.9. The third-order valence-electron chi connectivity index (χ3n) is 4.51. The molecule has 0 radical (unpaired) electrons. The molecule has 0 heterocycles. The van der Waals surface area contributed by atoms with Crippen molar-refractivity contribution >= 4 is 11.8 Å². The minimum Gasteiger partial charge on any atom is -0.497 e. The van der Waals surface area contributed by atoms with E-state index in [0.717, 1.165) is 5.56 Å². The second-order valence-corrected chi connectivity index (χ2v) is 7.43. The highest BCUT2D eigenvalue weighted by Gasteiger charge is 2.26. The quantitative estimate of drug-likeness (QED) is 0.645. The monoisotopic (exact) mass is 416 g/mol. The number of ether oxygens (including phenoxy) is 2. The zero-order valence-corrected chi connectivity index (χ0v) is 17.9. The Kier molecular flexibility index (Phi) is 8.65. The van der Waals surface area contributed by atoms with Crippen molar-refractivity contribution in [1.29, 1.82) is 0 Å². The van der Waals surface area contributed by atoms with Gasteiger partial charge in [-0.05, 0) is 54.8 Å². The van der Waals surface area contributed by atoms with Crippen LogP contribution in [0.5, 0.6) is 11.5 Å². The Morgan fingerprint density at radius 2 is 1.77 bits per heavy atom. The van der Waals surface area contributed by atoms with Gasteiger partial charge in [-0.1, -0.05) is 26.0 Å². The molecule has 0 saturated carbocycles. The molecular formula is C23H29FN2O4. The Morgan fingerprint density at radius 1 is 1.07 bits per heavy atom. The van der Waals surface area contributed by atoms with Crippen LogP contribution < -0.4 is 14.8 Å². The van der Waals surface area contributed by atoms with Crippen LogP contribution >= 0.6 is 0 Å². The van der Waals surface area contributed by atoms with E-state index in [4.69, 9.17) is 9.47 Å². The molecule has 2 rings (SSSR count). The first-order valence-electron chi connectivity index (χ1n) is 9.88. The van der Waals surface area contributed by atoms with Crippen LogP contribution in [0.25, 0.3) is 0 Å². The highest BCUT2D eigenvalue weighted by molar-refractivity contribution is 5.87. The van der Waals surface area contributed by atoms with Crippen molar-refractivity contribution in [2.45, 2.75) is 33.4 Å². The molecule has 30 heavy (non-hydrogen) atoms. The van der Waals surface area contributed by atoms with Crippen molar-refractivity contribution in [3.63, 3.8) is 0 Å². The maximum atomic E-state index is 13.1. The molecule has 0 aliphatic carbocycles. The molecule has 6 nitrogen and oxygen atoms in total. The van der Waals surface area contributed by atoms with Gasteiger partial charge in [-0.2, -0.15) is 0 Å². The van der Waals surface area contributed by atoms with Crippen LogP contribution in [0.1, 0.15) is 26.3 Å². The Labute approximate surface area is 177 Å². The molecule has 0 aliphatic heterocycles. The molecule has 1 N–H and O–H groups in total. The Bertz CT molecular complexity index is 839. The molecule has 0 aliphatic rings. The smallest absolute Gasteiger partial charge is 0.261 e. The predicted molar refractivity (Wildman–Crippen MR) is 113 cm³/mol. The van der Waals surface area contributed by atoms with Gasteiger partial charge in [-0.15, -0.1) is 0 Å². The zero-order chi connectivity index (χ0) is 22.1. The number of hydrogen-bond acceptors (Lipinski definition) is 4. The van der Waals surface area contributed by atoms with Crippen molar-refractivity contribution in [3.05, 3.63) is 59.9 Å². The molecule has 0 spiro atoms. The van der Waals surface area contributed by atoms with E-state index < -0.39 is 6.04 Å². The van der Waals surface area contributed by atoms with Gasteiger partial charge in [0.25, 0.3) is 5.91 Å². The van der Waals surface area contributed by atoms with E-state index in [-0.39, 0.29) is 30.8 Å². The third-order valence-corrected chi connectivity index (χ3v) is 4.51. The van der Waals surface area contributed by atoms with Crippen LogP contribution in [0.3, 0.4) is 0 Å². The first-order chi connectivity index (χ1) is 14.3. The van der Waals surface area contributed by atoms with Gasteiger partial charge < -0.3 is 19.7 Å². The average Bonchev–Trinajstić information content (AvgIpc) is 2.74. The average molecular weight is 416 g/mol. The van der Waals surface area contributed by atoms with Crippen molar-refractivity contribution in [3.8, 4) is 11.5 Å². The lowest BCUT2D eigenvalue weighted by molar-refractivity contribution is -0.142. The van der Waals surface area contributed by atoms with Gasteiger partial charge in [0.15, 0.2) is 6.61 Å². The molecule has 2 amide bonds. The number of methoxy groups -OCH3 is 1. The summed E-state index contributed by atoms with van der Waals surface area (Å²) in [4.78, 5) is 27.0. The van der Waals surface area contributed by atoms with Crippen molar-refractivity contribution in [1.82, 2.24) is 10.2 Å². The van der Waals surface area contributed by atoms with Crippen molar-refractivity contribution in [2.24, 2.45) is 5.92 Å². The predicted octanol–water partition coefficient (Wildman–Crippen LogP) is 3.40. The second kappa shape index (κ2) is 11.2. The lowest BCUT2D eigenvalue weighted by Crippen LogP contribution is -2.49. The van der Waals surface area contributed by atoms with E-state index in [2.05, 4.69) is 5.32 Å². The fourth-order valence-corrected chi connectivity index (χ4v) is 2.76. The van der Waals surface area contributed by atoms with Crippen molar-refractivity contribution in [2.75, 3.05) is 20.3 Å². The minimum absolute atomic E-state index is 0.221. The van der Waals surface area contributed by atoms with E-state index in [1.165, 1.54) is 29.2 Å². The lowest BCUT2D eigenvalue weighted by Gasteiger charge is -2.29. The maximum Gasteiger partial charge on any atom is 0.261 e. The molecule has 0 bridgehead atoms. The van der Waals surface area contributed by atoms with Crippen LogP contribution in [0.15, 0.2) is 48.5 Å². The summed E-state index contributed by atoms with van der Waals surface area (Å²) in [5, 5.41) is 2.87. The van der Waals surface area contributed by atoms with Crippen LogP contribution in [0.4, 0.5) is 4.39 Å². The van der Waals surface area contributed by atoms with Gasteiger partial charge >= 0.3 is 0 Å². The maximum absolute atomic E-state index is 13.1. The number of halogens is 1. The number of amides is 2. The first kappa shape index (κ1) is 23.2. The van der Waals surface area contributed by atoms with Gasteiger partial charge in [0, 0.05) is 13.1 Å². The normalized spacial score (nSPS) is 11.7. The molecule has 0 saturated heterocycles. The highest BCUT2D eigenvalue weighted by Crippen LogP contribution is 2.17. The van der Waals surface area contributed by atoms with Crippen LogP contribution in [-0.2, 0) is 16.1 Å². The number of benzene rings is 2. The van der Waals surface area contributed by atoms with E-state index in [1.54, 1.807) is 14.0 Å². The van der Waals surface area contributed by atoms with Gasteiger partial charge in [0.2, 0.25) is 5.91 Å². The molecule has 0 fully saturated rings. The molecule has 0 unspecified atom stereocenters. The van der Waals surface area contributed by atoms with E-state index >= 15 is 0 Å². The standard InChI is InChI=1S/C23H29FN2O4/c1-16(2)13-25-23(28)17(3)26(14-18-6-5-7-21(12-18)29-4)22(27)15-30-20-10-8-19(24)9-11-20/h5-12,16-17H,13-15H2,1-4H3,(H,25,28)/t17-/m0/s1. The number of nitrogens with one attached hydrogen (secondary N) is 1. The largest absolute Gasteiger partial charge is 0.497 e. The molecule has 2 aromatic rings. The number of carbonyl (C=O) groups is 2. The molecular weight excluding hydrogens is 387 g/mol. The number of carbonyl (C=O) groups excluding carboxylic acids is 2. The molecule has 1 atom stereocenters. The summed E-state index contributed by atoms with van der Waals surface area (Å²) in [6.45, 7) is 6.17. The van der Waals surface area contributed by atoms with Crippen LogP contribution in [-0.4, -0.2) is 43.0 Å². The SMILES string of the molecule is COc1cccc(CN(C(=O)COc2ccc(F)cc2)[C@@H](C)C(=O)NCC(C)C)c1. The summed E-state index contributed by atoms with van der Waals surface area (Å²) in [5.74, 6) is 0.368. The summed E-state index contributed by atoms with van der Waals surface area (Å²) in [7, 11) is 1.57. The first-order valence-corrected chi connectivity index (χ1v) is 9.88. The Morgan fingerprint density at radius 3 is 2.40 bits per heavy atom. The Balaban J connectivity index is 2.14. The van der Waals surface area contributed by atoms with E-state index in [1.807, 2.05) is 38.1 Å². The van der Waals surface area contributed by atoms with Crippen LogP contribution in [0.2, 0.25) is 0 Å². The summed E-state index contributed by atoms with van der Waals surface area (Å²) in [5.41, 5.74) is 0.827. The third kappa shape index (κ3) is 7.06. The van der Waals surface area contributed by atoms with E-state index in [0.29, 0.717) is 24.0 Å². The number of nitrogens with zero attached hydrogens (tertiary/aromatic N) is 1. The van der Waals surface area contributed by atoms with Gasteiger partial charge in [-0.25, -0.2) is 4.39 Å². The fraction of sp³-hybridized carbons (Fsp3) is 0.391. The minimum atomic E-state index is -0.695. The second-order valence-electron chi connectivity index (χ2n) is 7.43. The number of rotatable bonds is 10. The summed E-state index contributed by atoms with van der Waals surface area (Å²) in [6, 6.07) is 12.1. The van der Waals surface area contributed by atoms with Crippen LogP contribution in [0, 0.1) is 11.7 Å². The molecule has 162 valence electrons. The van der Waals surface area contributed by atoms with Gasteiger partial charge in [0.05, 0.1) is 7.11 Å². The molecule has 0 aromatic heterocycles. The summed E-state index contributed by atoms with van der Waals surface area (Å²) in [6.07, 6.45) is 0. The van der Waals surface area contributed by atoms with Gasteiger partial charge in [0.1, 0.15) is 23.4 Å². The highest BCUT2D eigenvalue weighted by atomic mass is 19.1. The van der Waals surface area contributed by atoms with E-state index in [9.17, 15) is 14.0 Å². The molecule has 2 aromatic carbocycles. The summed E-state index contributed by atoms with van der Waals surface area (Å²) < 4.78 is 23.8.